The lowest BCUT2D eigenvalue weighted by Crippen LogP contribution is -2.25. The van der Waals surface area contributed by atoms with Crippen molar-refractivity contribution >= 4 is 20.8 Å². The molecule has 0 spiro atoms. The fourth-order valence-electron chi connectivity index (χ4n) is 0.596. The number of rotatable bonds is 6. The van der Waals surface area contributed by atoms with E-state index in [4.69, 9.17) is 14.2 Å². The van der Waals surface area contributed by atoms with Crippen LogP contribution in [0, 0.1) is 0 Å². The van der Waals surface area contributed by atoms with E-state index >= 15 is 0 Å². The minimum Gasteiger partial charge on any atom is -0.379 e. The predicted octanol–water partition coefficient (Wildman–Crippen LogP) is -0.677. The van der Waals surface area contributed by atoms with Crippen LogP contribution < -0.4 is 5.32 Å². The lowest BCUT2D eigenvalue weighted by atomic mass is 10.3. The third kappa shape index (κ3) is 25.7. The molecule has 0 radical (unpaired) electrons. The minimum absolute atomic E-state index is 0.346. The summed E-state index contributed by atoms with van der Waals surface area (Å²) in [6.07, 6.45) is 1.98. The molecule has 1 unspecified atom stereocenters. The summed E-state index contributed by atoms with van der Waals surface area (Å²) in [7, 11) is -10.2. The van der Waals surface area contributed by atoms with Gasteiger partial charge in [-0.2, -0.15) is 16.8 Å². The summed E-state index contributed by atoms with van der Waals surface area (Å²) in [6.45, 7) is 4.79. The van der Waals surface area contributed by atoms with Crippen LogP contribution in [0.4, 0.5) is 0 Å². The number of hydrogen-bond acceptors (Lipinski definition) is 7. The molecule has 0 aromatic rings. The molecule has 0 heterocycles. The van der Waals surface area contributed by atoms with Gasteiger partial charge in [-0.3, -0.25) is 14.4 Å². The summed E-state index contributed by atoms with van der Waals surface area (Å²) in [5, 5.41) is 11.6. The van der Waals surface area contributed by atoms with Crippen LogP contribution in [0.15, 0.2) is 0 Å². The monoisotopic (exact) mass is 295 g/mol. The second-order valence-electron chi connectivity index (χ2n) is 2.91. The van der Waals surface area contributed by atoms with Crippen molar-refractivity contribution < 1.29 is 34.7 Å². The van der Waals surface area contributed by atoms with Gasteiger partial charge in [0.15, 0.2) is 0 Å². The summed E-state index contributed by atoms with van der Waals surface area (Å²) in [5.74, 6) is 0. The van der Waals surface area contributed by atoms with Gasteiger partial charge in [0, 0.05) is 0 Å². The Morgan fingerprint density at radius 2 is 1.59 bits per heavy atom. The van der Waals surface area contributed by atoms with Crippen molar-refractivity contribution in [3.05, 3.63) is 0 Å². The summed E-state index contributed by atoms with van der Waals surface area (Å²) >= 11 is 0. The molecule has 0 aliphatic rings. The van der Waals surface area contributed by atoms with Gasteiger partial charge in [-0.25, -0.2) is 0 Å². The lowest BCUT2D eigenvalue weighted by Gasteiger charge is -2.04. The van der Waals surface area contributed by atoms with E-state index in [0.717, 1.165) is 13.0 Å². The Bertz CT molecular complexity index is 343. The molecule has 4 N–H and O–H groups in total. The zero-order valence-electron chi connectivity index (χ0n) is 9.40. The number of aliphatic hydroxyl groups is 1. The van der Waals surface area contributed by atoms with E-state index in [9.17, 15) is 16.8 Å². The molecule has 106 valence electrons. The highest BCUT2D eigenvalue weighted by Gasteiger charge is 2.15. The number of aliphatic hydroxyl groups excluding tert-OH is 1. The van der Waals surface area contributed by atoms with E-state index in [1.165, 1.54) is 6.42 Å². The fourth-order valence-corrected chi connectivity index (χ4v) is 1.47. The molecule has 1 atom stereocenters. The molecule has 9 nitrogen and oxygen atoms in total. The quantitative estimate of drug-likeness (QED) is 0.284. The van der Waals surface area contributed by atoms with Gasteiger partial charge >= 0.3 is 20.8 Å². The molecular formula is C6H17NO8S2. The van der Waals surface area contributed by atoms with Gasteiger partial charge < -0.3 is 5.11 Å². The molecule has 0 aliphatic carbocycles. The average Bonchev–Trinajstić information content (AvgIpc) is 1.97. The molecule has 17 heavy (non-hydrogen) atoms. The van der Waals surface area contributed by atoms with Gasteiger partial charge in [0.05, 0.1) is 0 Å². The first-order chi connectivity index (χ1) is 7.48. The Morgan fingerprint density at radius 1 is 1.18 bits per heavy atom. The lowest BCUT2D eigenvalue weighted by molar-refractivity contribution is 0.156. The second kappa shape index (κ2) is 8.74. The summed E-state index contributed by atoms with van der Waals surface area (Å²) in [4.78, 5) is 0. The van der Waals surface area contributed by atoms with Crippen LogP contribution in [0.3, 0.4) is 0 Å². The van der Waals surface area contributed by atoms with Crippen molar-refractivity contribution in [2.75, 3.05) is 6.54 Å². The first-order valence-corrected chi connectivity index (χ1v) is 7.28. The summed E-state index contributed by atoms with van der Waals surface area (Å²) in [5.41, 5.74) is 0. The van der Waals surface area contributed by atoms with E-state index in [1.807, 2.05) is 0 Å². The van der Waals surface area contributed by atoms with Crippen molar-refractivity contribution in [3.8, 4) is 0 Å². The van der Waals surface area contributed by atoms with Crippen molar-refractivity contribution in [1.29, 1.82) is 0 Å². The Labute approximate surface area is 101 Å². The molecule has 0 saturated heterocycles. The maximum absolute atomic E-state index is 9.44. The Balaban J connectivity index is 0. The normalized spacial score (nSPS) is 13.7. The first-order valence-electron chi connectivity index (χ1n) is 4.55. The highest BCUT2D eigenvalue weighted by molar-refractivity contribution is 7.94. The number of hydrogen-bond donors (Lipinski definition) is 4. The van der Waals surface area contributed by atoms with Gasteiger partial charge in [0.2, 0.25) is 0 Å². The van der Waals surface area contributed by atoms with Crippen LogP contribution in [0.25, 0.3) is 0 Å². The molecule has 0 aromatic heterocycles. The van der Waals surface area contributed by atoms with Gasteiger partial charge in [0.1, 0.15) is 6.23 Å². The van der Waals surface area contributed by atoms with Crippen LogP contribution in [0.1, 0.15) is 26.7 Å². The molecule has 0 fully saturated rings. The molecule has 0 bridgehead atoms. The smallest absolute Gasteiger partial charge is 0.379 e. The average molecular weight is 295 g/mol. The standard InChI is InChI=1S/C6H15NO.H2O7S2/c1-3-4-5-7-6(2)8;1-8(2,3)7-9(4,5)6/h6-8H,3-5H2,1-2H3;(H,1,2,3)(H,4,5,6). The second-order valence-corrected chi connectivity index (χ2v) is 5.16. The van der Waals surface area contributed by atoms with Gasteiger partial charge in [0.25, 0.3) is 0 Å². The van der Waals surface area contributed by atoms with Gasteiger partial charge in [-0.05, 0) is 19.9 Å². The van der Waals surface area contributed by atoms with Crippen LogP contribution >= 0.6 is 0 Å². The van der Waals surface area contributed by atoms with Crippen LogP contribution in [0.2, 0.25) is 0 Å². The summed E-state index contributed by atoms with van der Waals surface area (Å²) < 4.78 is 55.6. The van der Waals surface area contributed by atoms with Gasteiger partial charge in [-0.15, -0.1) is 3.63 Å². The van der Waals surface area contributed by atoms with Crippen molar-refractivity contribution in [3.63, 3.8) is 0 Å². The fraction of sp³-hybridized carbons (Fsp3) is 1.00. The third-order valence-corrected chi connectivity index (χ3v) is 2.52. The van der Waals surface area contributed by atoms with Crippen LogP contribution in [0.5, 0.6) is 0 Å². The zero-order valence-corrected chi connectivity index (χ0v) is 11.0. The molecule has 0 saturated carbocycles. The number of unbranched alkanes of at least 4 members (excludes halogenated alkanes) is 1. The van der Waals surface area contributed by atoms with Crippen LogP contribution in [-0.4, -0.2) is 43.8 Å². The van der Waals surface area contributed by atoms with Crippen LogP contribution in [-0.2, 0) is 24.4 Å². The third-order valence-electron chi connectivity index (χ3n) is 1.14. The maximum atomic E-state index is 9.44. The Hall–Kier alpha value is -0.300. The van der Waals surface area contributed by atoms with E-state index in [1.54, 1.807) is 6.92 Å². The molecule has 0 aliphatic heterocycles. The van der Waals surface area contributed by atoms with Crippen molar-refractivity contribution in [2.45, 2.75) is 32.9 Å². The largest absolute Gasteiger partial charge is 0.413 e. The molecule has 11 heteroatoms. The van der Waals surface area contributed by atoms with E-state index in [0.29, 0.717) is 0 Å². The topological polar surface area (TPSA) is 150 Å². The predicted molar refractivity (Wildman–Crippen MR) is 58.8 cm³/mol. The van der Waals surface area contributed by atoms with E-state index in [-0.39, 0.29) is 6.23 Å². The van der Waals surface area contributed by atoms with Gasteiger partial charge in [-0.1, -0.05) is 13.3 Å². The Kier molecular flexibility index (Phi) is 9.80. The highest BCUT2D eigenvalue weighted by Crippen LogP contribution is 1.91. The summed E-state index contributed by atoms with van der Waals surface area (Å²) in [6, 6.07) is 0. The molecule has 0 rings (SSSR count). The highest BCUT2D eigenvalue weighted by atomic mass is 32.3. The zero-order chi connectivity index (χ0) is 14.1. The van der Waals surface area contributed by atoms with E-state index in [2.05, 4.69) is 15.9 Å². The first kappa shape index (κ1) is 19.0. The minimum atomic E-state index is -5.12. The molecular weight excluding hydrogens is 278 g/mol. The van der Waals surface area contributed by atoms with E-state index < -0.39 is 20.8 Å². The van der Waals surface area contributed by atoms with Crippen molar-refractivity contribution in [2.24, 2.45) is 0 Å². The maximum Gasteiger partial charge on any atom is 0.413 e. The number of nitrogens with one attached hydrogen (secondary N) is 1. The SMILES string of the molecule is CCCCNC(C)O.O=S(=O)(O)OS(=O)(=O)O. The molecule has 0 amide bonds. The Morgan fingerprint density at radius 3 is 1.76 bits per heavy atom. The molecule has 0 aromatic carbocycles. The van der Waals surface area contributed by atoms with Crippen molar-refractivity contribution in [1.82, 2.24) is 5.32 Å².